The Kier molecular flexibility index (Phi) is 14.7. The van der Waals surface area contributed by atoms with Gasteiger partial charge in [-0.2, -0.15) is 26.3 Å². The second kappa shape index (κ2) is 18.0. The summed E-state index contributed by atoms with van der Waals surface area (Å²) in [6, 6.07) is 8.27. The van der Waals surface area contributed by atoms with E-state index in [4.69, 9.17) is 21.1 Å². The highest BCUT2D eigenvalue weighted by Crippen LogP contribution is 2.48. The number of urea groups is 1. The first-order valence-electron chi connectivity index (χ1n) is 16.9. The average molecular weight is 731 g/mol. The Labute approximate surface area is 294 Å². The minimum atomic E-state index is -5.50. The molecule has 1 N–H and O–H groups in total. The third kappa shape index (κ3) is 10.7. The van der Waals surface area contributed by atoms with Crippen LogP contribution in [0.25, 0.3) is 0 Å². The number of hydrogen-bond donors (Lipinski definition) is 1. The Morgan fingerprint density at radius 2 is 1.52 bits per heavy atom. The summed E-state index contributed by atoms with van der Waals surface area (Å²) < 4.78 is 93.0. The SMILES string of the molecule is CC/C=C(Cl)\C=C/CCOc1ccc(C2(C)NC(=O)N(CCCCOc3c(CCC)cc(C(C(F)(F)F)C(F)(F)F)cc3CCC)C2=O)cc1. The third-order valence-electron chi connectivity index (χ3n) is 8.25. The number of unbranched alkanes of at least 4 members (excludes halogenated alkanes) is 1. The van der Waals surface area contributed by atoms with Crippen molar-refractivity contribution in [3.63, 3.8) is 0 Å². The topological polar surface area (TPSA) is 67.9 Å². The van der Waals surface area contributed by atoms with Crippen molar-refractivity contribution in [1.82, 2.24) is 10.2 Å². The highest BCUT2D eigenvalue weighted by Gasteiger charge is 2.57. The molecule has 3 amide bonds. The lowest BCUT2D eigenvalue weighted by atomic mass is 9.90. The second-order valence-electron chi connectivity index (χ2n) is 12.3. The number of alkyl halides is 6. The van der Waals surface area contributed by atoms with Gasteiger partial charge in [-0.05, 0) is 85.9 Å². The summed E-state index contributed by atoms with van der Waals surface area (Å²) in [6.07, 6.45) is -1.68. The molecule has 0 aliphatic carbocycles. The van der Waals surface area contributed by atoms with Gasteiger partial charge in [-0.1, -0.05) is 81.6 Å². The molecule has 1 fully saturated rings. The molecule has 0 aromatic heterocycles. The monoisotopic (exact) mass is 730 g/mol. The standard InChI is InChI=1S/C37H45ClF6N2O4/c1-5-12-25-23-27(32(36(39,40)41)37(42,43)44)24-26(13-6-2)31(25)50-22-11-9-20-46-33(47)35(4,45-34(46)48)28-16-18-30(19-17-28)49-21-10-8-15-29(38)14-7-3/h8,14-19,23-24,32H,5-7,9-13,20-22H2,1-4H3,(H,45,48)/b15-8-,29-14+. The molecule has 13 heteroatoms. The number of rotatable bonds is 18. The van der Waals surface area contributed by atoms with Crippen LogP contribution in [0.4, 0.5) is 31.1 Å². The molecule has 0 saturated carbocycles. The van der Waals surface area contributed by atoms with Crippen LogP contribution in [-0.2, 0) is 23.2 Å². The van der Waals surface area contributed by atoms with Gasteiger partial charge in [0.25, 0.3) is 5.91 Å². The smallest absolute Gasteiger partial charge is 0.404 e. The third-order valence-corrected chi connectivity index (χ3v) is 8.53. The highest BCUT2D eigenvalue weighted by molar-refractivity contribution is 6.31. The quantitative estimate of drug-likeness (QED) is 0.0718. The maximum atomic E-state index is 13.5. The van der Waals surface area contributed by atoms with Crippen LogP contribution < -0.4 is 14.8 Å². The number of ether oxygens (including phenoxy) is 2. The zero-order valence-electron chi connectivity index (χ0n) is 28.8. The number of nitrogens with zero attached hydrogens (tertiary/aromatic N) is 1. The van der Waals surface area contributed by atoms with Crippen LogP contribution in [0.3, 0.4) is 0 Å². The summed E-state index contributed by atoms with van der Waals surface area (Å²) in [6.45, 7) is 7.79. The summed E-state index contributed by atoms with van der Waals surface area (Å²) in [5.74, 6) is -3.12. The first-order chi connectivity index (χ1) is 23.6. The van der Waals surface area contributed by atoms with Crippen LogP contribution in [0.15, 0.2) is 59.7 Å². The molecular formula is C37H45ClF6N2O4. The van der Waals surface area contributed by atoms with Crippen molar-refractivity contribution in [1.29, 1.82) is 0 Å². The van der Waals surface area contributed by atoms with E-state index in [0.717, 1.165) is 23.5 Å². The van der Waals surface area contributed by atoms with Gasteiger partial charge in [-0.15, -0.1) is 0 Å². The lowest BCUT2D eigenvalue weighted by Crippen LogP contribution is -2.41. The van der Waals surface area contributed by atoms with E-state index in [1.807, 2.05) is 25.2 Å². The zero-order valence-corrected chi connectivity index (χ0v) is 29.5. The molecule has 1 aliphatic rings. The molecule has 0 spiro atoms. The average Bonchev–Trinajstić information content (AvgIpc) is 3.24. The van der Waals surface area contributed by atoms with Crippen molar-refractivity contribution in [2.75, 3.05) is 19.8 Å². The second-order valence-corrected chi connectivity index (χ2v) is 12.7. The van der Waals surface area contributed by atoms with E-state index < -0.39 is 41.3 Å². The van der Waals surface area contributed by atoms with Gasteiger partial charge in [0.2, 0.25) is 0 Å². The Morgan fingerprint density at radius 1 is 0.920 bits per heavy atom. The zero-order chi connectivity index (χ0) is 37.1. The van der Waals surface area contributed by atoms with Crippen LogP contribution in [0.2, 0.25) is 0 Å². The van der Waals surface area contributed by atoms with E-state index >= 15 is 0 Å². The van der Waals surface area contributed by atoms with Gasteiger partial charge in [0.15, 0.2) is 5.92 Å². The fourth-order valence-corrected chi connectivity index (χ4v) is 6.08. The Morgan fingerprint density at radius 3 is 2.06 bits per heavy atom. The lowest BCUT2D eigenvalue weighted by molar-refractivity contribution is -0.253. The van der Waals surface area contributed by atoms with Crippen molar-refractivity contribution in [2.24, 2.45) is 0 Å². The summed E-state index contributed by atoms with van der Waals surface area (Å²) in [4.78, 5) is 27.4. The van der Waals surface area contributed by atoms with Gasteiger partial charge < -0.3 is 14.8 Å². The Hall–Kier alpha value is -3.67. The van der Waals surface area contributed by atoms with Gasteiger partial charge in [-0.25, -0.2) is 4.79 Å². The van der Waals surface area contributed by atoms with Gasteiger partial charge in [0, 0.05) is 11.6 Å². The first-order valence-corrected chi connectivity index (χ1v) is 17.3. The van der Waals surface area contributed by atoms with Crippen LogP contribution in [0.5, 0.6) is 11.5 Å². The van der Waals surface area contributed by atoms with Gasteiger partial charge in [0.05, 0.1) is 13.2 Å². The molecule has 1 unspecified atom stereocenters. The van der Waals surface area contributed by atoms with Gasteiger partial charge >= 0.3 is 18.4 Å². The molecular weight excluding hydrogens is 686 g/mol. The van der Waals surface area contributed by atoms with Crippen molar-refractivity contribution < 1.29 is 45.4 Å². The summed E-state index contributed by atoms with van der Waals surface area (Å²) in [5, 5.41) is 3.44. The number of allylic oxidation sites excluding steroid dienone is 3. The summed E-state index contributed by atoms with van der Waals surface area (Å²) in [7, 11) is 0. The van der Waals surface area contributed by atoms with Crippen LogP contribution in [0, 0.1) is 0 Å². The molecule has 276 valence electrons. The predicted molar refractivity (Wildman–Crippen MR) is 182 cm³/mol. The number of nitrogens with one attached hydrogen (secondary N) is 1. The lowest BCUT2D eigenvalue weighted by Gasteiger charge is -2.26. The molecule has 0 bridgehead atoms. The van der Waals surface area contributed by atoms with Crippen molar-refractivity contribution in [2.45, 2.75) is 103 Å². The van der Waals surface area contributed by atoms with Crippen LogP contribution >= 0.6 is 11.6 Å². The molecule has 3 rings (SSSR count). The van der Waals surface area contributed by atoms with E-state index in [2.05, 4.69) is 5.32 Å². The minimum absolute atomic E-state index is 0.0927. The van der Waals surface area contributed by atoms with E-state index in [-0.39, 0.29) is 37.1 Å². The number of halogens is 7. The summed E-state index contributed by atoms with van der Waals surface area (Å²) >= 11 is 6.04. The Bertz CT molecular complexity index is 1470. The van der Waals surface area contributed by atoms with E-state index in [1.165, 1.54) is 0 Å². The summed E-state index contributed by atoms with van der Waals surface area (Å²) in [5.41, 5.74) is -0.973. The molecule has 0 radical (unpaired) electrons. The number of carbonyl (C=O) groups excluding carboxylic acids is 2. The molecule has 6 nitrogen and oxygen atoms in total. The number of imide groups is 1. The molecule has 1 saturated heterocycles. The van der Waals surface area contributed by atoms with Crippen molar-refractivity contribution in [3.05, 3.63) is 81.9 Å². The van der Waals surface area contributed by atoms with E-state index in [1.54, 1.807) is 45.0 Å². The molecule has 2 aromatic carbocycles. The normalized spacial score (nSPS) is 17.3. The van der Waals surface area contributed by atoms with E-state index in [9.17, 15) is 35.9 Å². The van der Waals surface area contributed by atoms with E-state index in [0.29, 0.717) is 60.8 Å². The van der Waals surface area contributed by atoms with Crippen LogP contribution in [0.1, 0.15) is 94.4 Å². The molecule has 50 heavy (non-hydrogen) atoms. The fourth-order valence-electron chi connectivity index (χ4n) is 5.84. The number of aryl methyl sites for hydroxylation is 2. The number of benzene rings is 2. The maximum Gasteiger partial charge on any atom is 0.404 e. The van der Waals surface area contributed by atoms with Gasteiger partial charge in [-0.3, -0.25) is 9.69 Å². The fraction of sp³-hybridized carbons (Fsp3) is 0.514. The number of carbonyl (C=O) groups is 2. The minimum Gasteiger partial charge on any atom is -0.493 e. The molecule has 1 atom stereocenters. The first kappa shape index (κ1) is 40.8. The molecule has 2 aromatic rings. The van der Waals surface area contributed by atoms with Crippen molar-refractivity contribution in [3.8, 4) is 11.5 Å². The number of amides is 3. The predicted octanol–water partition coefficient (Wildman–Crippen LogP) is 10.3. The molecule has 1 aliphatic heterocycles. The highest BCUT2D eigenvalue weighted by atomic mass is 35.5. The Balaban J connectivity index is 1.61. The number of hydrogen-bond acceptors (Lipinski definition) is 4. The van der Waals surface area contributed by atoms with Crippen LogP contribution in [-0.4, -0.2) is 48.9 Å². The van der Waals surface area contributed by atoms with Gasteiger partial charge in [0.1, 0.15) is 17.0 Å². The largest absolute Gasteiger partial charge is 0.493 e. The maximum absolute atomic E-state index is 13.5. The van der Waals surface area contributed by atoms with Crippen molar-refractivity contribution >= 4 is 23.5 Å². The molecule has 1 heterocycles.